The third kappa shape index (κ3) is 2.73. The Labute approximate surface area is 89.0 Å². The van der Waals surface area contributed by atoms with E-state index in [2.05, 4.69) is 20.8 Å². The highest BCUT2D eigenvalue weighted by atomic mass is 16.5. The lowest BCUT2D eigenvalue weighted by atomic mass is 10.1. The monoisotopic (exact) mass is 211 g/mol. The zero-order valence-corrected chi connectivity index (χ0v) is 9.02. The van der Waals surface area contributed by atoms with Gasteiger partial charge in [0.1, 0.15) is 0 Å². The minimum absolute atomic E-state index is 0.276. The number of nitrogens with zero attached hydrogens (tertiary/aromatic N) is 4. The Morgan fingerprint density at radius 3 is 3.20 bits per heavy atom. The topological polar surface area (TPSA) is 64.9 Å². The molecule has 15 heavy (non-hydrogen) atoms. The Balaban J connectivity index is 1.93. The molecule has 2 heterocycles. The van der Waals surface area contributed by atoms with Gasteiger partial charge in [-0.1, -0.05) is 0 Å². The number of hydrogen-bond donors (Lipinski definition) is 1. The largest absolute Gasteiger partial charge is 0.376 e. The van der Waals surface area contributed by atoms with Crippen molar-refractivity contribution in [2.45, 2.75) is 38.5 Å². The lowest BCUT2D eigenvalue weighted by Gasteiger charge is -2.22. The molecular weight excluding hydrogens is 194 g/mol. The maximum atomic E-state index is 5.65. The third-order valence-corrected chi connectivity index (χ3v) is 2.59. The van der Waals surface area contributed by atoms with Gasteiger partial charge < -0.3 is 10.1 Å². The molecule has 1 aromatic rings. The molecule has 0 saturated carbocycles. The molecule has 1 aliphatic heterocycles. The van der Waals surface area contributed by atoms with Gasteiger partial charge in [0.15, 0.2) is 5.82 Å². The van der Waals surface area contributed by atoms with Gasteiger partial charge in [-0.05, 0) is 36.7 Å². The molecule has 0 bridgehead atoms. The van der Waals surface area contributed by atoms with Crippen LogP contribution in [0.3, 0.4) is 0 Å². The summed E-state index contributed by atoms with van der Waals surface area (Å²) in [7, 11) is 1.89. The molecule has 1 saturated heterocycles. The number of rotatable bonds is 4. The van der Waals surface area contributed by atoms with Gasteiger partial charge >= 0.3 is 0 Å². The van der Waals surface area contributed by atoms with E-state index in [1.54, 1.807) is 0 Å². The van der Waals surface area contributed by atoms with Crippen molar-refractivity contribution in [3.63, 3.8) is 0 Å². The molecule has 0 aliphatic carbocycles. The maximum Gasteiger partial charge on any atom is 0.165 e. The van der Waals surface area contributed by atoms with Crippen molar-refractivity contribution in [2.24, 2.45) is 0 Å². The number of ether oxygens (including phenoxy) is 1. The summed E-state index contributed by atoms with van der Waals surface area (Å²) in [5.74, 6) is 0.867. The van der Waals surface area contributed by atoms with Gasteiger partial charge in [0.2, 0.25) is 0 Å². The highest BCUT2D eigenvalue weighted by molar-refractivity contribution is 4.80. The van der Waals surface area contributed by atoms with Gasteiger partial charge in [0.25, 0.3) is 0 Å². The van der Waals surface area contributed by atoms with Gasteiger partial charge in [0.05, 0.1) is 19.2 Å². The molecular formula is C9H17N5O. The molecule has 1 fully saturated rings. The van der Waals surface area contributed by atoms with E-state index < -0.39 is 0 Å². The van der Waals surface area contributed by atoms with Gasteiger partial charge in [-0.15, -0.1) is 5.10 Å². The van der Waals surface area contributed by atoms with E-state index in [-0.39, 0.29) is 6.10 Å². The standard InChI is InChI=1S/C9H17N5O/c1-10-6-9-11-12-13-14(9)7-8-4-2-3-5-15-8/h8,10H,2-7H2,1H3. The molecule has 84 valence electrons. The average molecular weight is 211 g/mol. The van der Waals surface area contributed by atoms with Gasteiger partial charge in [-0.3, -0.25) is 0 Å². The van der Waals surface area contributed by atoms with E-state index in [9.17, 15) is 0 Å². The van der Waals surface area contributed by atoms with Crippen LogP contribution in [0, 0.1) is 0 Å². The molecule has 1 aliphatic rings. The van der Waals surface area contributed by atoms with Crippen LogP contribution in [0.25, 0.3) is 0 Å². The summed E-state index contributed by atoms with van der Waals surface area (Å²) in [4.78, 5) is 0. The highest BCUT2D eigenvalue weighted by Crippen LogP contribution is 2.14. The molecule has 0 aromatic carbocycles. The van der Waals surface area contributed by atoms with Crippen LogP contribution in [0.2, 0.25) is 0 Å². The second kappa shape index (κ2) is 5.18. The van der Waals surface area contributed by atoms with Crippen LogP contribution in [0.1, 0.15) is 25.1 Å². The Kier molecular flexibility index (Phi) is 3.63. The fourth-order valence-electron chi connectivity index (χ4n) is 1.79. The van der Waals surface area contributed by atoms with E-state index in [0.29, 0.717) is 6.54 Å². The van der Waals surface area contributed by atoms with E-state index >= 15 is 0 Å². The quantitative estimate of drug-likeness (QED) is 0.757. The van der Waals surface area contributed by atoms with Crippen molar-refractivity contribution in [1.29, 1.82) is 0 Å². The summed E-state index contributed by atoms with van der Waals surface area (Å²) in [6.07, 6.45) is 3.81. The van der Waals surface area contributed by atoms with Crippen molar-refractivity contribution in [1.82, 2.24) is 25.5 Å². The van der Waals surface area contributed by atoms with Crippen molar-refractivity contribution < 1.29 is 4.74 Å². The molecule has 0 amide bonds. The molecule has 0 spiro atoms. The number of nitrogens with one attached hydrogen (secondary N) is 1. The Hall–Kier alpha value is -1.01. The van der Waals surface area contributed by atoms with Crippen LogP contribution >= 0.6 is 0 Å². The van der Waals surface area contributed by atoms with Gasteiger partial charge in [-0.2, -0.15) is 0 Å². The minimum atomic E-state index is 0.276. The summed E-state index contributed by atoms with van der Waals surface area (Å²) in [5.41, 5.74) is 0. The Bertz CT molecular complexity index is 294. The van der Waals surface area contributed by atoms with Crippen LogP contribution in [0.5, 0.6) is 0 Å². The molecule has 1 atom stereocenters. The van der Waals surface area contributed by atoms with Crippen molar-refractivity contribution in [3.05, 3.63) is 5.82 Å². The fraction of sp³-hybridized carbons (Fsp3) is 0.889. The Morgan fingerprint density at radius 2 is 2.47 bits per heavy atom. The predicted octanol–water partition coefficient (Wildman–Crippen LogP) is -0.0384. The summed E-state index contributed by atoms with van der Waals surface area (Å²) in [6.45, 7) is 2.33. The van der Waals surface area contributed by atoms with E-state index in [4.69, 9.17) is 4.74 Å². The van der Waals surface area contributed by atoms with Crippen molar-refractivity contribution >= 4 is 0 Å². The number of aromatic nitrogens is 4. The smallest absolute Gasteiger partial charge is 0.165 e. The summed E-state index contributed by atoms with van der Waals surface area (Å²) in [6, 6.07) is 0. The van der Waals surface area contributed by atoms with Crippen LogP contribution in [-0.4, -0.2) is 40.0 Å². The average Bonchev–Trinajstić information content (AvgIpc) is 2.68. The van der Waals surface area contributed by atoms with Crippen LogP contribution < -0.4 is 5.32 Å². The zero-order chi connectivity index (χ0) is 10.5. The van der Waals surface area contributed by atoms with Crippen LogP contribution in [0.15, 0.2) is 0 Å². The number of tetrazole rings is 1. The molecule has 6 heteroatoms. The highest BCUT2D eigenvalue weighted by Gasteiger charge is 2.16. The lowest BCUT2D eigenvalue weighted by molar-refractivity contribution is 0.00315. The second-order valence-corrected chi connectivity index (χ2v) is 3.80. The lowest BCUT2D eigenvalue weighted by Crippen LogP contribution is -2.26. The Morgan fingerprint density at radius 1 is 1.53 bits per heavy atom. The maximum absolute atomic E-state index is 5.65. The normalized spacial score (nSPS) is 21.8. The first-order valence-electron chi connectivity index (χ1n) is 5.41. The minimum Gasteiger partial charge on any atom is -0.376 e. The first-order valence-corrected chi connectivity index (χ1v) is 5.41. The van der Waals surface area contributed by atoms with Crippen molar-refractivity contribution in [3.8, 4) is 0 Å². The zero-order valence-electron chi connectivity index (χ0n) is 9.02. The van der Waals surface area contributed by atoms with E-state index in [0.717, 1.165) is 25.4 Å². The summed E-state index contributed by atoms with van der Waals surface area (Å²) >= 11 is 0. The second-order valence-electron chi connectivity index (χ2n) is 3.80. The molecule has 1 unspecified atom stereocenters. The fourth-order valence-corrected chi connectivity index (χ4v) is 1.79. The van der Waals surface area contributed by atoms with Gasteiger partial charge in [0, 0.05) is 6.61 Å². The van der Waals surface area contributed by atoms with Gasteiger partial charge in [-0.25, -0.2) is 4.68 Å². The third-order valence-electron chi connectivity index (χ3n) is 2.59. The summed E-state index contributed by atoms with van der Waals surface area (Å²) < 4.78 is 7.47. The molecule has 0 radical (unpaired) electrons. The SMILES string of the molecule is CNCc1nnnn1CC1CCCCO1. The molecule has 1 aromatic heterocycles. The molecule has 2 rings (SSSR count). The first-order chi connectivity index (χ1) is 7.40. The summed E-state index contributed by atoms with van der Waals surface area (Å²) in [5, 5.41) is 14.6. The van der Waals surface area contributed by atoms with Crippen LogP contribution in [0.4, 0.5) is 0 Å². The van der Waals surface area contributed by atoms with Crippen LogP contribution in [-0.2, 0) is 17.8 Å². The number of hydrogen-bond acceptors (Lipinski definition) is 5. The molecule has 6 nitrogen and oxygen atoms in total. The van der Waals surface area contributed by atoms with E-state index in [1.807, 2.05) is 11.7 Å². The van der Waals surface area contributed by atoms with E-state index in [1.165, 1.54) is 12.8 Å². The first kappa shape index (κ1) is 10.5. The predicted molar refractivity (Wildman–Crippen MR) is 54.2 cm³/mol. The molecule has 1 N–H and O–H groups in total. The van der Waals surface area contributed by atoms with Crippen molar-refractivity contribution in [2.75, 3.05) is 13.7 Å².